The van der Waals surface area contributed by atoms with Gasteiger partial charge in [-0.25, -0.2) is 0 Å². The first-order valence-electron chi connectivity index (χ1n) is 20.4. The molecule has 60 heavy (non-hydrogen) atoms. The van der Waals surface area contributed by atoms with Crippen LogP contribution in [0.3, 0.4) is 0 Å². The van der Waals surface area contributed by atoms with E-state index in [1.807, 2.05) is 24.3 Å². The van der Waals surface area contributed by atoms with Crippen molar-refractivity contribution in [3.63, 3.8) is 0 Å². The fourth-order valence-corrected chi connectivity index (χ4v) is 9.28. The van der Waals surface area contributed by atoms with Crippen LogP contribution >= 0.6 is 9.24 Å². The number of furan rings is 1. The van der Waals surface area contributed by atoms with E-state index in [-0.39, 0.29) is 0 Å². The smallest absolute Gasteiger partial charge is 0.135 e. The molecule has 1 aliphatic rings. The molecule has 1 unspecified atom stereocenters. The van der Waals surface area contributed by atoms with Crippen molar-refractivity contribution in [3.8, 4) is 44.5 Å². The van der Waals surface area contributed by atoms with E-state index in [0.29, 0.717) is 0 Å². The third-order valence-corrected chi connectivity index (χ3v) is 12.5. The average molecular weight is 788 g/mol. The van der Waals surface area contributed by atoms with Crippen molar-refractivity contribution in [3.05, 3.63) is 222 Å². The minimum absolute atomic E-state index is 0.900. The molecular formula is C57H42NOP. The molecule has 286 valence electrons. The first-order chi connectivity index (χ1) is 29.4. The molecule has 0 radical (unpaired) electrons. The number of hydrogen-bond donors (Lipinski definition) is 0. The predicted molar refractivity (Wildman–Crippen MR) is 258 cm³/mol. The number of aryl methyl sites for hydroxylation is 2. The van der Waals surface area contributed by atoms with Gasteiger partial charge in [0.15, 0.2) is 0 Å². The monoisotopic (exact) mass is 787 g/mol. The van der Waals surface area contributed by atoms with Crippen LogP contribution in [-0.4, -0.2) is 0 Å². The molecule has 0 amide bonds. The Hall–Kier alpha value is -7.17. The number of hydrogen-bond acceptors (Lipinski definition) is 2. The zero-order valence-electron chi connectivity index (χ0n) is 33.8. The quantitative estimate of drug-likeness (QED) is 0.113. The van der Waals surface area contributed by atoms with Crippen molar-refractivity contribution in [1.29, 1.82) is 0 Å². The van der Waals surface area contributed by atoms with Crippen LogP contribution in [0, 0.1) is 20.8 Å². The van der Waals surface area contributed by atoms with Crippen LogP contribution in [0.1, 0.15) is 22.3 Å². The molecule has 0 spiro atoms. The van der Waals surface area contributed by atoms with Crippen molar-refractivity contribution in [2.24, 2.45) is 0 Å². The molecular weight excluding hydrogens is 746 g/mol. The standard InChI is InChI=1S/C57H42NOP/c1-37-14-7-9-18-46(37)48-33-34-53(56(39(48)3)47-19-10-8-15-38(47)2)58(45-31-26-42(27-32-45)50-22-13-21-49(57(50)60)41-16-5-4-6-17-41)44-29-24-40(25-30-44)43-28-35-55-52(36-43)51-20-11-12-23-54(51)59-55/h5,7-36H,60H2,1-3H3. The van der Waals surface area contributed by atoms with Crippen LogP contribution in [0.2, 0.25) is 0 Å². The van der Waals surface area contributed by atoms with Gasteiger partial charge in [-0.05, 0) is 160 Å². The van der Waals surface area contributed by atoms with Crippen LogP contribution in [0.25, 0.3) is 72.0 Å². The van der Waals surface area contributed by atoms with E-state index in [0.717, 1.165) is 66.6 Å². The molecule has 0 saturated heterocycles. The molecule has 1 atom stereocenters. The van der Waals surface area contributed by atoms with Crippen LogP contribution < -0.4 is 10.2 Å². The number of anilines is 3. The number of nitrogens with zero attached hydrogens (tertiary/aromatic N) is 1. The summed E-state index contributed by atoms with van der Waals surface area (Å²) in [4.78, 5) is 2.42. The fraction of sp³-hybridized carbons (Fsp3) is 0.0526. The molecule has 0 saturated carbocycles. The Morgan fingerprint density at radius 3 is 1.82 bits per heavy atom. The Kier molecular flexibility index (Phi) is 9.61. The summed E-state index contributed by atoms with van der Waals surface area (Å²) < 4.78 is 6.16. The Bertz CT molecular complexity index is 3260. The summed E-state index contributed by atoms with van der Waals surface area (Å²) >= 11 is 0. The highest BCUT2D eigenvalue weighted by Crippen LogP contribution is 2.47. The number of benzene rings is 8. The number of fused-ring (bicyclic) bond motifs is 3. The predicted octanol–water partition coefficient (Wildman–Crippen LogP) is 15.4. The van der Waals surface area contributed by atoms with Crippen LogP contribution in [-0.2, 0) is 0 Å². The SMILES string of the molecule is Cc1ccccc1-c1ccc(N(c2ccc(-c3ccc4oc5ccccc5c4c3)cc2)c2ccc(-c3cccc(C4=CC=C=C=C4)c3P)cc2)c(-c2ccccc2C)c1C. The lowest BCUT2D eigenvalue weighted by molar-refractivity contribution is 0.669. The minimum Gasteiger partial charge on any atom is -0.456 e. The first kappa shape index (κ1) is 37.1. The van der Waals surface area contributed by atoms with E-state index < -0.39 is 0 Å². The highest BCUT2D eigenvalue weighted by Gasteiger charge is 2.23. The van der Waals surface area contributed by atoms with Gasteiger partial charge in [0.2, 0.25) is 0 Å². The van der Waals surface area contributed by atoms with E-state index in [1.165, 1.54) is 50.1 Å². The zero-order valence-corrected chi connectivity index (χ0v) is 35.0. The second-order valence-electron chi connectivity index (χ2n) is 15.5. The van der Waals surface area contributed by atoms with E-state index in [1.54, 1.807) is 0 Å². The first-order valence-corrected chi connectivity index (χ1v) is 21.0. The van der Waals surface area contributed by atoms with Gasteiger partial charge in [-0.2, -0.15) is 0 Å². The van der Waals surface area contributed by atoms with Gasteiger partial charge in [-0.1, -0.05) is 133 Å². The molecule has 1 aliphatic carbocycles. The topological polar surface area (TPSA) is 16.4 Å². The molecule has 2 nitrogen and oxygen atoms in total. The van der Waals surface area contributed by atoms with Gasteiger partial charge in [0.05, 0.1) is 5.69 Å². The van der Waals surface area contributed by atoms with E-state index >= 15 is 0 Å². The molecule has 0 fully saturated rings. The summed E-state index contributed by atoms with van der Waals surface area (Å²) in [5.74, 6) is 0. The van der Waals surface area contributed by atoms with Crippen molar-refractivity contribution < 1.29 is 4.42 Å². The molecule has 10 rings (SSSR count). The maximum Gasteiger partial charge on any atom is 0.135 e. The zero-order chi connectivity index (χ0) is 40.7. The Morgan fingerprint density at radius 1 is 0.483 bits per heavy atom. The summed E-state index contributed by atoms with van der Waals surface area (Å²) in [7, 11) is 2.99. The second-order valence-corrected chi connectivity index (χ2v) is 16.1. The largest absolute Gasteiger partial charge is 0.456 e. The van der Waals surface area contributed by atoms with Crippen LogP contribution in [0.4, 0.5) is 17.1 Å². The fourth-order valence-electron chi connectivity index (χ4n) is 8.75. The van der Waals surface area contributed by atoms with Crippen LogP contribution in [0.5, 0.6) is 0 Å². The maximum absolute atomic E-state index is 6.16. The highest BCUT2D eigenvalue weighted by atomic mass is 31.0. The lowest BCUT2D eigenvalue weighted by Gasteiger charge is -2.30. The van der Waals surface area contributed by atoms with Crippen molar-refractivity contribution in [1.82, 2.24) is 0 Å². The van der Waals surface area contributed by atoms with Gasteiger partial charge < -0.3 is 9.32 Å². The van der Waals surface area contributed by atoms with E-state index in [4.69, 9.17) is 4.42 Å². The van der Waals surface area contributed by atoms with E-state index in [2.05, 4.69) is 210 Å². The lowest BCUT2D eigenvalue weighted by atomic mass is 9.87. The number of rotatable bonds is 8. The number of allylic oxidation sites excluding steroid dienone is 4. The second kappa shape index (κ2) is 15.5. The lowest BCUT2D eigenvalue weighted by Crippen LogP contribution is -2.12. The summed E-state index contributed by atoms with van der Waals surface area (Å²) in [6, 6.07) is 61.3. The average Bonchev–Trinajstić information content (AvgIpc) is 3.66. The molecule has 0 N–H and O–H groups in total. The Labute approximate surface area is 354 Å². The summed E-state index contributed by atoms with van der Waals surface area (Å²) in [5, 5.41) is 3.41. The van der Waals surface area contributed by atoms with E-state index in [9.17, 15) is 0 Å². The molecule has 3 heteroatoms. The molecule has 1 heterocycles. The van der Waals surface area contributed by atoms with Gasteiger partial charge in [0.1, 0.15) is 11.2 Å². The maximum atomic E-state index is 6.16. The van der Waals surface area contributed by atoms with Crippen LogP contribution in [0.15, 0.2) is 204 Å². The van der Waals surface area contributed by atoms with Gasteiger partial charge in [-0.3, -0.25) is 0 Å². The normalized spacial score (nSPS) is 12.0. The minimum atomic E-state index is 0.900. The van der Waals surface area contributed by atoms with Crippen molar-refractivity contribution in [2.45, 2.75) is 20.8 Å². The molecule has 8 aromatic carbocycles. The van der Waals surface area contributed by atoms with Crippen molar-refractivity contribution in [2.75, 3.05) is 4.90 Å². The molecule has 1 aromatic heterocycles. The van der Waals surface area contributed by atoms with Crippen molar-refractivity contribution >= 4 is 59.1 Å². The van der Waals surface area contributed by atoms with Gasteiger partial charge in [-0.15, -0.1) is 9.24 Å². The molecule has 0 aliphatic heterocycles. The summed E-state index contributed by atoms with van der Waals surface area (Å²) in [6.07, 6.45) is 6.00. The van der Waals surface area contributed by atoms with Gasteiger partial charge in [0, 0.05) is 27.7 Å². The summed E-state index contributed by atoms with van der Waals surface area (Å²) in [5.41, 5.74) is 26.8. The molecule has 9 aromatic rings. The van der Waals surface area contributed by atoms with Gasteiger partial charge in [0.25, 0.3) is 0 Å². The third-order valence-electron chi connectivity index (χ3n) is 11.9. The molecule has 0 bridgehead atoms. The third kappa shape index (κ3) is 6.64. The highest BCUT2D eigenvalue weighted by molar-refractivity contribution is 7.28. The number of para-hydroxylation sites is 1. The Morgan fingerprint density at radius 2 is 1.10 bits per heavy atom. The summed E-state index contributed by atoms with van der Waals surface area (Å²) in [6.45, 7) is 6.70. The Balaban J connectivity index is 1.13. The van der Waals surface area contributed by atoms with Gasteiger partial charge >= 0.3 is 0 Å².